The van der Waals surface area contributed by atoms with Crippen LogP contribution in [-0.4, -0.2) is 28.8 Å². The van der Waals surface area contributed by atoms with Crippen molar-refractivity contribution in [2.75, 3.05) is 0 Å². The minimum Gasteiger partial charge on any atom is -0.352 e. The molecule has 2 rings (SSSR count). The number of halogens is 4. The first-order valence-electron chi connectivity index (χ1n) is 10.1. The highest BCUT2D eigenvalue weighted by Crippen LogP contribution is 2.27. The zero-order valence-electron chi connectivity index (χ0n) is 17.7. The zero-order valence-corrected chi connectivity index (χ0v) is 20.7. The van der Waals surface area contributed by atoms with E-state index in [-0.39, 0.29) is 30.8 Å². The molecule has 0 aliphatic rings. The van der Waals surface area contributed by atoms with E-state index in [2.05, 4.69) is 5.32 Å². The van der Waals surface area contributed by atoms with Gasteiger partial charge in [-0.05, 0) is 55.2 Å². The van der Waals surface area contributed by atoms with Crippen LogP contribution in [0.1, 0.15) is 44.7 Å². The summed E-state index contributed by atoms with van der Waals surface area (Å²) >= 11 is 24.7. The number of rotatable bonds is 9. The van der Waals surface area contributed by atoms with Crippen molar-refractivity contribution in [3.05, 3.63) is 67.6 Å². The van der Waals surface area contributed by atoms with Crippen molar-refractivity contribution in [1.82, 2.24) is 10.2 Å². The Bertz CT molecular complexity index is 916. The molecule has 0 aliphatic heterocycles. The van der Waals surface area contributed by atoms with Crippen molar-refractivity contribution in [2.24, 2.45) is 0 Å². The van der Waals surface area contributed by atoms with Crippen molar-refractivity contribution in [1.29, 1.82) is 0 Å². The highest BCUT2D eigenvalue weighted by molar-refractivity contribution is 6.42. The number of hydrogen-bond acceptors (Lipinski definition) is 2. The Hall–Kier alpha value is -1.46. The third kappa shape index (κ3) is 7.01. The van der Waals surface area contributed by atoms with Gasteiger partial charge in [-0.25, -0.2) is 0 Å². The van der Waals surface area contributed by atoms with Crippen LogP contribution in [0.4, 0.5) is 0 Å². The van der Waals surface area contributed by atoms with Gasteiger partial charge in [0.15, 0.2) is 0 Å². The number of nitrogens with one attached hydrogen (secondary N) is 1. The van der Waals surface area contributed by atoms with Gasteiger partial charge in [-0.15, -0.1) is 0 Å². The Labute approximate surface area is 203 Å². The smallest absolute Gasteiger partial charge is 0.243 e. The Morgan fingerprint density at radius 2 is 1.58 bits per heavy atom. The molecule has 2 unspecified atom stereocenters. The molecule has 0 fully saturated rings. The van der Waals surface area contributed by atoms with E-state index < -0.39 is 6.04 Å². The first-order chi connectivity index (χ1) is 14.7. The lowest BCUT2D eigenvalue weighted by molar-refractivity contribution is -0.141. The van der Waals surface area contributed by atoms with Crippen LogP contribution in [0, 0.1) is 0 Å². The van der Waals surface area contributed by atoms with Crippen molar-refractivity contribution >= 4 is 58.2 Å². The summed E-state index contributed by atoms with van der Waals surface area (Å²) in [4.78, 5) is 27.9. The van der Waals surface area contributed by atoms with E-state index >= 15 is 0 Å². The van der Waals surface area contributed by atoms with E-state index in [9.17, 15) is 9.59 Å². The van der Waals surface area contributed by atoms with Gasteiger partial charge < -0.3 is 10.2 Å². The summed E-state index contributed by atoms with van der Waals surface area (Å²) in [5, 5.41) is 4.61. The van der Waals surface area contributed by atoms with Crippen molar-refractivity contribution in [2.45, 2.75) is 58.7 Å². The molecular formula is C23H26Cl4N2O2. The number of nitrogens with zero attached hydrogens (tertiary/aromatic N) is 1. The maximum atomic E-state index is 13.4. The van der Waals surface area contributed by atoms with Crippen LogP contribution >= 0.6 is 46.4 Å². The number of benzene rings is 2. The molecule has 2 amide bonds. The van der Waals surface area contributed by atoms with E-state index in [0.29, 0.717) is 32.1 Å². The minimum atomic E-state index is -0.655. The fourth-order valence-electron chi connectivity index (χ4n) is 3.15. The summed E-state index contributed by atoms with van der Waals surface area (Å²) in [7, 11) is 0. The molecule has 0 heterocycles. The maximum Gasteiger partial charge on any atom is 0.243 e. The first kappa shape index (κ1) is 25.8. The molecule has 0 saturated heterocycles. The largest absolute Gasteiger partial charge is 0.352 e. The van der Waals surface area contributed by atoms with Gasteiger partial charge in [-0.2, -0.15) is 0 Å². The predicted molar refractivity (Wildman–Crippen MR) is 129 cm³/mol. The summed E-state index contributed by atoms with van der Waals surface area (Å²) in [5.74, 6) is -0.456. The summed E-state index contributed by atoms with van der Waals surface area (Å²) in [6, 6.07) is 9.60. The van der Waals surface area contributed by atoms with Crippen LogP contribution in [0.3, 0.4) is 0 Å². The topological polar surface area (TPSA) is 49.4 Å². The highest BCUT2D eigenvalue weighted by Gasteiger charge is 2.30. The number of carbonyl (C=O) groups excluding carboxylic acids is 2. The molecule has 0 aromatic heterocycles. The summed E-state index contributed by atoms with van der Waals surface area (Å²) in [6.07, 6.45) is 1.22. The van der Waals surface area contributed by atoms with Gasteiger partial charge >= 0.3 is 0 Å². The van der Waals surface area contributed by atoms with Crippen LogP contribution in [0.15, 0.2) is 36.4 Å². The number of carbonyl (C=O) groups is 2. The van der Waals surface area contributed by atoms with Gasteiger partial charge in [0.1, 0.15) is 6.04 Å². The van der Waals surface area contributed by atoms with Crippen LogP contribution in [-0.2, 0) is 22.6 Å². The SMILES string of the molecule is CCC(C)NC(=O)C(CC)N(Cc1ccc(Cl)c(Cl)c1)C(=O)Cc1c(Cl)cccc1Cl. The molecule has 0 bridgehead atoms. The summed E-state index contributed by atoms with van der Waals surface area (Å²) < 4.78 is 0. The second-order valence-electron chi connectivity index (χ2n) is 7.39. The van der Waals surface area contributed by atoms with E-state index in [1.165, 1.54) is 0 Å². The summed E-state index contributed by atoms with van der Waals surface area (Å²) in [6.45, 7) is 5.99. The Balaban J connectivity index is 2.38. The van der Waals surface area contributed by atoms with Gasteiger partial charge in [0, 0.05) is 22.6 Å². The average Bonchev–Trinajstić information content (AvgIpc) is 2.73. The number of amides is 2. The fourth-order valence-corrected chi connectivity index (χ4v) is 4.00. The maximum absolute atomic E-state index is 13.4. The normalized spacial score (nSPS) is 12.9. The van der Waals surface area contributed by atoms with Gasteiger partial charge in [0.25, 0.3) is 0 Å². The second-order valence-corrected chi connectivity index (χ2v) is 9.02. The molecule has 0 radical (unpaired) electrons. The van der Waals surface area contributed by atoms with Crippen molar-refractivity contribution in [3.8, 4) is 0 Å². The number of hydrogen-bond donors (Lipinski definition) is 1. The molecule has 2 aromatic rings. The predicted octanol–water partition coefficient (Wildman–Crippen LogP) is 6.56. The highest BCUT2D eigenvalue weighted by atomic mass is 35.5. The standard InChI is InChI=1S/C23H26Cl4N2O2/c1-4-14(3)28-23(31)21(5-2)29(13-15-9-10-19(26)20(27)11-15)22(30)12-16-17(24)7-6-8-18(16)25/h6-11,14,21H,4-5,12-13H2,1-3H3,(H,28,31). The molecule has 31 heavy (non-hydrogen) atoms. The molecule has 2 atom stereocenters. The summed E-state index contributed by atoms with van der Waals surface area (Å²) in [5.41, 5.74) is 1.30. The molecule has 0 spiro atoms. The lowest BCUT2D eigenvalue weighted by Crippen LogP contribution is -2.51. The van der Waals surface area contributed by atoms with E-state index in [1.54, 1.807) is 41.3 Å². The van der Waals surface area contributed by atoms with Gasteiger partial charge in [-0.1, -0.05) is 72.4 Å². The molecule has 8 heteroatoms. The van der Waals surface area contributed by atoms with Crippen molar-refractivity contribution in [3.63, 3.8) is 0 Å². The third-order valence-corrected chi connectivity index (χ3v) is 6.56. The van der Waals surface area contributed by atoms with Crippen LogP contribution in [0.25, 0.3) is 0 Å². The van der Waals surface area contributed by atoms with E-state index in [1.807, 2.05) is 20.8 Å². The molecule has 2 aromatic carbocycles. The van der Waals surface area contributed by atoms with E-state index in [4.69, 9.17) is 46.4 Å². The van der Waals surface area contributed by atoms with Crippen LogP contribution in [0.2, 0.25) is 20.1 Å². The van der Waals surface area contributed by atoms with Crippen LogP contribution < -0.4 is 5.32 Å². The van der Waals surface area contributed by atoms with Crippen LogP contribution in [0.5, 0.6) is 0 Å². The van der Waals surface area contributed by atoms with Gasteiger partial charge in [0.2, 0.25) is 11.8 Å². The minimum absolute atomic E-state index is 0.00138. The molecule has 4 nitrogen and oxygen atoms in total. The monoisotopic (exact) mass is 502 g/mol. The second kappa shape index (κ2) is 12.0. The molecule has 0 aliphatic carbocycles. The zero-order chi connectivity index (χ0) is 23.1. The lowest BCUT2D eigenvalue weighted by Gasteiger charge is -2.32. The molecule has 168 valence electrons. The quantitative estimate of drug-likeness (QED) is 0.421. The Kier molecular flexibility index (Phi) is 9.95. The van der Waals surface area contributed by atoms with Crippen molar-refractivity contribution < 1.29 is 9.59 Å². The first-order valence-corrected chi connectivity index (χ1v) is 11.7. The molecule has 0 saturated carbocycles. The van der Waals surface area contributed by atoms with E-state index in [0.717, 1.165) is 12.0 Å². The third-order valence-electron chi connectivity index (χ3n) is 5.11. The molecule has 1 N–H and O–H groups in total. The fraction of sp³-hybridized carbons (Fsp3) is 0.391. The molecular weight excluding hydrogens is 478 g/mol. The Morgan fingerprint density at radius 3 is 2.13 bits per heavy atom. The Morgan fingerprint density at radius 1 is 0.935 bits per heavy atom. The lowest BCUT2D eigenvalue weighted by atomic mass is 10.1. The van der Waals surface area contributed by atoms with Gasteiger partial charge in [0.05, 0.1) is 16.5 Å². The van der Waals surface area contributed by atoms with Gasteiger partial charge in [-0.3, -0.25) is 9.59 Å². The average molecular weight is 504 g/mol.